The third-order valence-corrected chi connectivity index (χ3v) is 3.06. The number of thiocarbonyl (C=S) groups is 1. The van der Waals surface area contributed by atoms with E-state index in [0.717, 1.165) is 12.8 Å². The molecule has 0 radical (unpaired) electrons. The van der Waals surface area contributed by atoms with Crippen LogP contribution >= 0.6 is 12.2 Å². The number of hydrogen-bond donors (Lipinski definition) is 1. The van der Waals surface area contributed by atoms with Gasteiger partial charge in [0, 0.05) is 38.4 Å². The van der Waals surface area contributed by atoms with Crippen molar-refractivity contribution in [3.63, 3.8) is 0 Å². The molecule has 1 aliphatic rings. The lowest BCUT2D eigenvalue weighted by Gasteiger charge is -2.22. The van der Waals surface area contributed by atoms with Gasteiger partial charge in [0.2, 0.25) is 0 Å². The Morgan fingerprint density at radius 1 is 1.71 bits per heavy atom. The Balaban J connectivity index is 2.23. The Kier molecular flexibility index (Phi) is 3.42. The average molecular weight is 252 g/mol. The van der Waals surface area contributed by atoms with Gasteiger partial charge in [-0.25, -0.2) is 4.98 Å². The van der Waals surface area contributed by atoms with Gasteiger partial charge in [-0.1, -0.05) is 12.2 Å². The molecule has 1 heterocycles. The van der Waals surface area contributed by atoms with E-state index in [0.29, 0.717) is 29.8 Å². The minimum atomic E-state index is -0.0673. The fraction of sp³-hybridized carbons (Fsp3) is 0.545. The van der Waals surface area contributed by atoms with Crippen molar-refractivity contribution in [3.05, 3.63) is 22.7 Å². The minimum Gasteiger partial charge on any atom is -0.393 e. The molecule has 0 bridgehead atoms. The summed E-state index contributed by atoms with van der Waals surface area (Å²) in [5.74, 6) is 0.508. The van der Waals surface area contributed by atoms with E-state index in [1.54, 1.807) is 24.0 Å². The van der Waals surface area contributed by atoms with Crippen LogP contribution in [0.4, 0.5) is 5.82 Å². The maximum atomic E-state index is 12.0. The van der Waals surface area contributed by atoms with Crippen molar-refractivity contribution in [1.82, 2.24) is 9.55 Å². The topological polar surface area (TPSA) is 64.2 Å². The SMILES string of the molecule is Cn1ccnc(N(CCC(N)=S)C2CC2)c1=O. The molecule has 17 heavy (non-hydrogen) atoms. The molecule has 0 spiro atoms. The monoisotopic (exact) mass is 252 g/mol. The maximum absolute atomic E-state index is 12.0. The molecular weight excluding hydrogens is 236 g/mol. The number of nitrogens with two attached hydrogens (primary N) is 1. The van der Waals surface area contributed by atoms with Crippen LogP contribution in [0.2, 0.25) is 0 Å². The second kappa shape index (κ2) is 4.83. The summed E-state index contributed by atoms with van der Waals surface area (Å²) in [6.45, 7) is 0.673. The highest BCUT2D eigenvalue weighted by Gasteiger charge is 2.31. The van der Waals surface area contributed by atoms with Crippen LogP contribution in [-0.4, -0.2) is 27.1 Å². The van der Waals surface area contributed by atoms with E-state index in [4.69, 9.17) is 18.0 Å². The van der Waals surface area contributed by atoms with Crippen molar-refractivity contribution in [2.75, 3.05) is 11.4 Å². The van der Waals surface area contributed by atoms with Gasteiger partial charge >= 0.3 is 0 Å². The highest BCUT2D eigenvalue weighted by atomic mass is 32.1. The van der Waals surface area contributed by atoms with Crippen LogP contribution in [0.3, 0.4) is 0 Å². The number of aromatic nitrogens is 2. The Morgan fingerprint density at radius 2 is 2.41 bits per heavy atom. The molecular formula is C11H16N4OS. The van der Waals surface area contributed by atoms with Gasteiger partial charge < -0.3 is 15.2 Å². The van der Waals surface area contributed by atoms with Crippen molar-refractivity contribution in [2.45, 2.75) is 25.3 Å². The van der Waals surface area contributed by atoms with Crippen LogP contribution in [0.1, 0.15) is 19.3 Å². The fourth-order valence-electron chi connectivity index (χ4n) is 1.76. The number of nitrogens with zero attached hydrogens (tertiary/aromatic N) is 3. The Bertz CT molecular complexity index is 481. The standard InChI is InChI=1S/C11H16N4OS/c1-14-7-5-13-10(11(14)16)15(8-2-3-8)6-4-9(12)17/h5,7-8H,2-4,6H2,1H3,(H2,12,17). The van der Waals surface area contributed by atoms with E-state index >= 15 is 0 Å². The van der Waals surface area contributed by atoms with Gasteiger partial charge in [-0.3, -0.25) is 4.79 Å². The second-order valence-corrected chi connectivity index (χ2v) is 4.83. The molecule has 0 unspecified atom stereocenters. The molecule has 0 atom stereocenters. The highest BCUT2D eigenvalue weighted by molar-refractivity contribution is 7.80. The molecule has 5 nitrogen and oxygen atoms in total. The summed E-state index contributed by atoms with van der Waals surface area (Å²) >= 11 is 4.88. The number of rotatable bonds is 5. The molecule has 0 saturated heterocycles. The zero-order chi connectivity index (χ0) is 12.4. The quantitative estimate of drug-likeness (QED) is 0.770. The molecule has 0 aliphatic heterocycles. The normalized spacial score (nSPS) is 14.6. The summed E-state index contributed by atoms with van der Waals surface area (Å²) in [5.41, 5.74) is 5.44. The van der Waals surface area contributed by atoms with E-state index < -0.39 is 0 Å². The summed E-state index contributed by atoms with van der Waals surface area (Å²) in [4.78, 5) is 18.7. The summed E-state index contributed by atoms with van der Waals surface area (Å²) < 4.78 is 1.54. The first-order valence-corrected chi connectivity index (χ1v) is 6.07. The van der Waals surface area contributed by atoms with Gasteiger partial charge in [-0.05, 0) is 12.8 Å². The summed E-state index contributed by atoms with van der Waals surface area (Å²) in [6.07, 6.45) is 6.14. The van der Waals surface area contributed by atoms with E-state index in [-0.39, 0.29) is 5.56 Å². The minimum absolute atomic E-state index is 0.0673. The van der Waals surface area contributed by atoms with Gasteiger partial charge in [0.1, 0.15) is 0 Å². The van der Waals surface area contributed by atoms with Crippen molar-refractivity contribution >= 4 is 23.0 Å². The van der Waals surface area contributed by atoms with E-state index in [1.165, 1.54) is 0 Å². The predicted octanol–water partition coefficient (Wildman–Crippen LogP) is 0.425. The second-order valence-electron chi connectivity index (χ2n) is 4.31. The van der Waals surface area contributed by atoms with Gasteiger partial charge in [-0.2, -0.15) is 0 Å². The van der Waals surface area contributed by atoms with Crippen LogP contribution < -0.4 is 16.2 Å². The van der Waals surface area contributed by atoms with Gasteiger partial charge in [0.25, 0.3) is 5.56 Å². The average Bonchev–Trinajstić information content (AvgIpc) is 3.08. The lowest BCUT2D eigenvalue weighted by atomic mass is 10.3. The predicted molar refractivity (Wildman–Crippen MR) is 71.2 cm³/mol. The molecule has 6 heteroatoms. The van der Waals surface area contributed by atoms with E-state index in [1.807, 2.05) is 4.90 Å². The lowest BCUT2D eigenvalue weighted by molar-refractivity contribution is 0.749. The van der Waals surface area contributed by atoms with Gasteiger partial charge in [-0.15, -0.1) is 0 Å². The summed E-state index contributed by atoms with van der Waals surface area (Å²) in [7, 11) is 1.73. The van der Waals surface area contributed by atoms with Crippen LogP contribution in [0.15, 0.2) is 17.2 Å². The number of hydrogen-bond acceptors (Lipinski definition) is 4. The highest BCUT2D eigenvalue weighted by Crippen LogP contribution is 2.29. The van der Waals surface area contributed by atoms with Crippen LogP contribution in [0.5, 0.6) is 0 Å². The molecule has 1 aromatic rings. The third-order valence-electron chi connectivity index (χ3n) is 2.86. The molecule has 1 aliphatic carbocycles. The number of anilines is 1. The van der Waals surface area contributed by atoms with Crippen molar-refractivity contribution in [3.8, 4) is 0 Å². The summed E-state index contributed by atoms with van der Waals surface area (Å²) in [6, 6.07) is 0.423. The van der Waals surface area contributed by atoms with Crippen molar-refractivity contribution < 1.29 is 0 Å². The molecule has 0 amide bonds. The van der Waals surface area contributed by atoms with E-state index in [2.05, 4.69) is 4.98 Å². The molecule has 92 valence electrons. The smallest absolute Gasteiger partial charge is 0.293 e. The van der Waals surface area contributed by atoms with Crippen LogP contribution in [0.25, 0.3) is 0 Å². The molecule has 1 saturated carbocycles. The molecule has 1 fully saturated rings. The van der Waals surface area contributed by atoms with Gasteiger partial charge in [0.05, 0.1) is 4.99 Å². The third kappa shape index (κ3) is 2.82. The zero-order valence-corrected chi connectivity index (χ0v) is 10.6. The van der Waals surface area contributed by atoms with Crippen molar-refractivity contribution in [1.29, 1.82) is 0 Å². The van der Waals surface area contributed by atoms with Crippen LogP contribution in [-0.2, 0) is 7.05 Å². The van der Waals surface area contributed by atoms with E-state index in [9.17, 15) is 4.79 Å². The Labute approximate surface area is 105 Å². The zero-order valence-electron chi connectivity index (χ0n) is 9.80. The molecule has 2 rings (SSSR count). The molecule has 0 aromatic carbocycles. The first kappa shape index (κ1) is 12.0. The molecule has 1 aromatic heterocycles. The first-order chi connectivity index (χ1) is 8.09. The fourth-order valence-corrected chi connectivity index (χ4v) is 1.85. The largest absolute Gasteiger partial charge is 0.393 e. The number of aryl methyl sites for hydroxylation is 1. The van der Waals surface area contributed by atoms with Crippen molar-refractivity contribution in [2.24, 2.45) is 12.8 Å². The molecule has 2 N–H and O–H groups in total. The lowest BCUT2D eigenvalue weighted by Crippen LogP contribution is -2.36. The first-order valence-electron chi connectivity index (χ1n) is 5.66. The Hall–Kier alpha value is -1.43. The maximum Gasteiger partial charge on any atom is 0.293 e. The van der Waals surface area contributed by atoms with Gasteiger partial charge in [0.15, 0.2) is 5.82 Å². The Morgan fingerprint density at radius 3 is 3.00 bits per heavy atom. The summed E-state index contributed by atoms with van der Waals surface area (Å²) in [5, 5.41) is 0. The van der Waals surface area contributed by atoms with Crippen LogP contribution in [0, 0.1) is 0 Å².